The Hall–Kier alpha value is -2.77. The summed E-state index contributed by atoms with van der Waals surface area (Å²) in [5.74, 6) is -1.77. The van der Waals surface area contributed by atoms with E-state index in [0.717, 1.165) is 9.75 Å². The monoisotopic (exact) mass is 401 g/mol. The highest BCUT2D eigenvalue weighted by Gasteiger charge is 2.23. The number of hydrogen-bond acceptors (Lipinski definition) is 5. The summed E-state index contributed by atoms with van der Waals surface area (Å²) in [4.78, 5) is 26.6. The van der Waals surface area contributed by atoms with Gasteiger partial charge in [0.1, 0.15) is 5.82 Å². The fraction of sp³-hybridized carbons (Fsp3) is 0.100. The summed E-state index contributed by atoms with van der Waals surface area (Å²) in [5, 5.41) is 6.20. The van der Waals surface area contributed by atoms with Gasteiger partial charge in [-0.25, -0.2) is 9.18 Å². The lowest BCUT2D eigenvalue weighted by atomic mass is 10.2. The first-order chi connectivity index (χ1) is 13.0. The number of para-hydroxylation sites is 1. The normalized spacial score (nSPS) is 12.4. The molecule has 138 valence electrons. The van der Waals surface area contributed by atoms with E-state index in [0.29, 0.717) is 5.57 Å². The van der Waals surface area contributed by atoms with E-state index < -0.39 is 23.8 Å². The van der Waals surface area contributed by atoms with E-state index in [1.807, 2.05) is 35.0 Å². The Morgan fingerprint density at radius 2 is 1.81 bits per heavy atom. The van der Waals surface area contributed by atoms with Gasteiger partial charge in [0.15, 0.2) is 6.10 Å². The van der Waals surface area contributed by atoms with Crippen LogP contribution in [-0.2, 0) is 14.3 Å². The van der Waals surface area contributed by atoms with Crippen molar-refractivity contribution >= 4 is 51.9 Å². The molecule has 0 saturated carbocycles. The Morgan fingerprint density at radius 3 is 2.48 bits per heavy atom. The molecule has 27 heavy (non-hydrogen) atoms. The molecule has 2 heterocycles. The third-order valence-corrected chi connectivity index (χ3v) is 5.34. The smallest absolute Gasteiger partial charge is 0.340 e. The number of halogens is 1. The molecule has 0 saturated heterocycles. The van der Waals surface area contributed by atoms with E-state index in [1.54, 1.807) is 12.1 Å². The molecule has 1 atom stereocenters. The van der Waals surface area contributed by atoms with Gasteiger partial charge in [-0.3, -0.25) is 4.79 Å². The topological polar surface area (TPSA) is 55.4 Å². The van der Waals surface area contributed by atoms with E-state index in [-0.39, 0.29) is 5.69 Å². The standard InChI is InChI=1S/C20H16FNO3S2/c1-13(19(23)22-17-8-3-2-7-16(17)21)25-20(24)15(18-9-5-11-27-18)12-14-6-4-10-26-14/h2-13H,1H3,(H,22,23)/b15-12+/t13-/m0/s1. The molecule has 3 rings (SSSR count). The zero-order valence-electron chi connectivity index (χ0n) is 14.3. The fourth-order valence-corrected chi connectivity index (χ4v) is 3.64. The van der Waals surface area contributed by atoms with Crippen LogP contribution >= 0.6 is 22.7 Å². The van der Waals surface area contributed by atoms with Crippen molar-refractivity contribution in [3.05, 3.63) is 74.9 Å². The third-order valence-electron chi connectivity index (χ3n) is 3.62. The molecule has 0 bridgehead atoms. The molecule has 4 nitrogen and oxygen atoms in total. The van der Waals surface area contributed by atoms with E-state index in [1.165, 1.54) is 47.8 Å². The summed E-state index contributed by atoms with van der Waals surface area (Å²) in [6.07, 6.45) is 0.657. The van der Waals surface area contributed by atoms with Crippen molar-refractivity contribution in [3.8, 4) is 0 Å². The molecule has 0 fully saturated rings. The third kappa shape index (κ3) is 4.90. The summed E-state index contributed by atoms with van der Waals surface area (Å²) >= 11 is 2.90. The van der Waals surface area contributed by atoms with Gasteiger partial charge in [-0.2, -0.15) is 0 Å². The quantitative estimate of drug-likeness (QED) is 0.464. The number of benzene rings is 1. The molecular formula is C20H16FNO3S2. The molecule has 0 unspecified atom stereocenters. The van der Waals surface area contributed by atoms with Gasteiger partial charge < -0.3 is 10.1 Å². The summed E-state index contributed by atoms with van der Waals surface area (Å²) < 4.78 is 19.0. The van der Waals surface area contributed by atoms with Crippen LogP contribution in [0.15, 0.2) is 59.3 Å². The number of esters is 1. The maximum absolute atomic E-state index is 13.7. The lowest BCUT2D eigenvalue weighted by Gasteiger charge is -2.15. The average Bonchev–Trinajstić information content (AvgIpc) is 3.35. The number of nitrogens with one attached hydrogen (secondary N) is 1. The molecule has 2 aromatic heterocycles. The van der Waals surface area contributed by atoms with Crippen LogP contribution in [0.25, 0.3) is 11.6 Å². The van der Waals surface area contributed by atoms with Gasteiger partial charge in [0.05, 0.1) is 11.3 Å². The zero-order chi connectivity index (χ0) is 19.2. The lowest BCUT2D eigenvalue weighted by molar-refractivity contribution is -0.147. The summed E-state index contributed by atoms with van der Waals surface area (Å²) in [6.45, 7) is 1.45. The molecule has 0 aliphatic heterocycles. The number of carbonyl (C=O) groups is 2. The Balaban J connectivity index is 1.73. The van der Waals surface area contributed by atoms with Crippen LogP contribution in [0.2, 0.25) is 0 Å². The first-order valence-electron chi connectivity index (χ1n) is 8.10. The van der Waals surface area contributed by atoms with E-state index in [2.05, 4.69) is 5.32 Å². The second-order valence-electron chi connectivity index (χ2n) is 5.57. The van der Waals surface area contributed by atoms with E-state index in [4.69, 9.17) is 4.74 Å². The minimum atomic E-state index is -1.08. The summed E-state index contributed by atoms with van der Waals surface area (Å²) in [5.41, 5.74) is 0.413. The number of thiophene rings is 2. The van der Waals surface area contributed by atoms with Crippen molar-refractivity contribution in [3.63, 3.8) is 0 Å². The Kier molecular flexibility index (Phi) is 6.16. The van der Waals surface area contributed by atoms with Crippen LogP contribution in [0.3, 0.4) is 0 Å². The first kappa shape index (κ1) is 19.0. The molecule has 1 amide bonds. The number of hydrogen-bond donors (Lipinski definition) is 1. The summed E-state index contributed by atoms with van der Waals surface area (Å²) in [6, 6.07) is 13.2. The van der Waals surface area contributed by atoms with Gasteiger partial charge in [-0.15, -0.1) is 22.7 Å². The zero-order valence-corrected chi connectivity index (χ0v) is 16.0. The lowest BCUT2D eigenvalue weighted by Crippen LogP contribution is -2.30. The van der Waals surface area contributed by atoms with Crippen LogP contribution in [0.4, 0.5) is 10.1 Å². The molecule has 0 aliphatic carbocycles. The van der Waals surface area contributed by atoms with Gasteiger partial charge in [0, 0.05) is 9.75 Å². The highest BCUT2D eigenvalue weighted by atomic mass is 32.1. The van der Waals surface area contributed by atoms with Crippen molar-refractivity contribution < 1.29 is 18.7 Å². The van der Waals surface area contributed by atoms with Crippen molar-refractivity contribution in [1.82, 2.24) is 0 Å². The largest absolute Gasteiger partial charge is 0.449 e. The van der Waals surface area contributed by atoms with Crippen LogP contribution in [0.1, 0.15) is 16.7 Å². The number of amides is 1. The molecule has 0 radical (unpaired) electrons. The Labute approximate surface area is 163 Å². The van der Waals surface area contributed by atoms with Crippen molar-refractivity contribution in [2.24, 2.45) is 0 Å². The van der Waals surface area contributed by atoms with Crippen LogP contribution in [0.5, 0.6) is 0 Å². The maximum atomic E-state index is 13.7. The Morgan fingerprint density at radius 1 is 1.07 bits per heavy atom. The average molecular weight is 401 g/mol. The van der Waals surface area contributed by atoms with Gasteiger partial charge in [-0.05, 0) is 48.0 Å². The van der Waals surface area contributed by atoms with Crippen LogP contribution < -0.4 is 5.32 Å². The second kappa shape index (κ2) is 8.75. The maximum Gasteiger partial charge on any atom is 0.340 e. The van der Waals surface area contributed by atoms with Gasteiger partial charge in [-0.1, -0.05) is 24.3 Å². The Bertz CT molecular complexity index is 950. The first-order valence-corrected chi connectivity index (χ1v) is 9.86. The molecule has 1 aromatic carbocycles. The highest BCUT2D eigenvalue weighted by Crippen LogP contribution is 2.26. The predicted octanol–water partition coefficient (Wildman–Crippen LogP) is 5.06. The molecule has 1 N–H and O–H groups in total. The van der Waals surface area contributed by atoms with Crippen molar-refractivity contribution in [2.75, 3.05) is 5.32 Å². The minimum absolute atomic E-state index is 0.0398. The molecular weight excluding hydrogens is 385 g/mol. The van der Waals surface area contributed by atoms with Gasteiger partial charge in [0.2, 0.25) is 0 Å². The van der Waals surface area contributed by atoms with Crippen molar-refractivity contribution in [1.29, 1.82) is 0 Å². The number of ether oxygens (including phenoxy) is 1. The molecule has 0 aliphatic rings. The number of rotatable bonds is 6. The predicted molar refractivity (Wildman–Crippen MR) is 107 cm³/mol. The summed E-state index contributed by atoms with van der Waals surface area (Å²) in [7, 11) is 0. The van der Waals surface area contributed by atoms with Crippen LogP contribution in [0, 0.1) is 5.82 Å². The number of anilines is 1. The van der Waals surface area contributed by atoms with Crippen LogP contribution in [-0.4, -0.2) is 18.0 Å². The molecule has 7 heteroatoms. The second-order valence-corrected chi connectivity index (χ2v) is 7.49. The fourth-order valence-electron chi connectivity index (χ4n) is 2.25. The van der Waals surface area contributed by atoms with Crippen molar-refractivity contribution in [2.45, 2.75) is 13.0 Å². The van der Waals surface area contributed by atoms with Gasteiger partial charge >= 0.3 is 5.97 Å². The van der Waals surface area contributed by atoms with E-state index in [9.17, 15) is 14.0 Å². The number of carbonyl (C=O) groups excluding carboxylic acids is 2. The molecule has 3 aromatic rings. The highest BCUT2D eigenvalue weighted by molar-refractivity contribution is 7.12. The minimum Gasteiger partial charge on any atom is -0.449 e. The molecule has 0 spiro atoms. The SMILES string of the molecule is C[C@H](OC(=O)/C(=C/c1cccs1)c1cccs1)C(=O)Nc1ccccc1F. The van der Waals surface area contributed by atoms with Gasteiger partial charge in [0.25, 0.3) is 5.91 Å². The van der Waals surface area contributed by atoms with E-state index >= 15 is 0 Å².